The summed E-state index contributed by atoms with van der Waals surface area (Å²) >= 11 is 0. The van der Waals surface area contributed by atoms with Gasteiger partial charge in [0, 0.05) is 12.6 Å². The molecule has 5 heteroatoms. The average molecular weight is 237 g/mol. The molecule has 0 aliphatic carbocycles. The van der Waals surface area contributed by atoms with Crippen LogP contribution in [0, 0.1) is 5.92 Å². The van der Waals surface area contributed by atoms with Crippen molar-refractivity contribution in [2.75, 3.05) is 18.5 Å². The highest BCUT2D eigenvalue weighted by Gasteiger charge is 2.26. The Kier molecular flexibility index (Phi) is 3.66. The van der Waals surface area contributed by atoms with E-state index in [0.717, 1.165) is 24.4 Å². The van der Waals surface area contributed by atoms with Crippen molar-refractivity contribution in [1.29, 1.82) is 0 Å². The number of esters is 1. The van der Waals surface area contributed by atoms with Crippen molar-refractivity contribution < 1.29 is 9.53 Å². The van der Waals surface area contributed by atoms with E-state index >= 15 is 0 Å². The Balaban J connectivity index is 2.05. The van der Waals surface area contributed by atoms with Gasteiger partial charge in [-0.2, -0.15) is 5.10 Å². The molecule has 0 spiro atoms. The van der Waals surface area contributed by atoms with Gasteiger partial charge in [-0.25, -0.2) is 4.68 Å². The lowest BCUT2D eigenvalue weighted by molar-refractivity contribution is -0.148. The fraction of sp³-hybridized carbons (Fsp3) is 0.667. The number of carbonyl (C=O) groups excluding carboxylic acids is 1. The Morgan fingerprint density at radius 2 is 2.47 bits per heavy atom. The third-order valence-electron chi connectivity index (χ3n) is 2.88. The summed E-state index contributed by atoms with van der Waals surface area (Å²) in [4.78, 5) is 11.6. The molecular weight excluding hydrogens is 218 g/mol. The summed E-state index contributed by atoms with van der Waals surface area (Å²) in [7, 11) is 0. The van der Waals surface area contributed by atoms with Gasteiger partial charge in [0.15, 0.2) is 0 Å². The Labute approximate surface area is 101 Å². The summed E-state index contributed by atoms with van der Waals surface area (Å²) in [6.45, 7) is 5.64. The van der Waals surface area contributed by atoms with Crippen molar-refractivity contribution in [1.82, 2.24) is 9.78 Å². The van der Waals surface area contributed by atoms with Crippen LogP contribution in [-0.2, 0) is 22.5 Å². The van der Waals surface area contributed by atoms with E-state index in [0.29, 0.717) is 19.7 Å². The smallest absolute Gasteiger partial charge is 0.312 e. The lowest BCUT2D eigenvalue weighted by atomic mass is 10.1. The molecule has 1 atom stereocenters. The van der Waals surface area contributed by atoms with E-state index in [2.05, 4.69) is 23.4 Å². The van der Waals surface area contributed by atoms with Gasteiger partial charge in [0.25, 0.3) is 0 Å². The van der Waals surface area contributed by atoms with Crippen LogP contribution in [0.1, 0.15) is 26.0 Å². The Morgan fingerprint density at radius 1 is 1.65 bits per heavy atom. The van der Waals surface area contributed by atoms with Crippen LogP contribution in [0.5, 0.6) is 0 Å². The summed E-state index contributed by atoms with van der Waals surface area (Å²) in [6, 6.07) is 2.06. The minimum atomic E-state index is -0.141. The van der Waals surface area contributed by atoms with E-state index in [4.69, 9.17) is 4.74 Å². The van der Waals surface area contributed by atoms with Gasteiger partial charge in [0.1, 0.15) is 5.82 Å². The summed E-state index contributed by atoms with van der Waals surface area (Å²) in [5.41, 5.74) is 1.08. The number of nitrogens with zero attached hydrogens (tertiary/aromatic N) is 2. The van der Waals surface area contributed by atoms with Crippen molar-refractivity contribution in [3.05, 3.63) is 11.8 Å². The van der Waals surface area contributed by atoms with Crippen LogP contribution in [0.4, 0.5) is 5.82 Å². The molecule has 0 fully saturated rings. The van der Waals surface area contributed by atoms with E-state index < -0.39 is 0 Å². The second-order valence-electron chi connectivity index (χ2n) is 4.28. The number of ether oxygens (including phenoxy) is 1. The first kappa shape index (κ1) is 12.0. The first-order valence-corrected chi connectivity index (χ1v) is 6.21. The van der Waals surface area contributed by atoms with Gasteiger partial charge in [-0.3, -0.25) is 4.79 Å². The molecule has 1 aromatic heterocycles. The zero-order valence-electron chi connectivity index (χ0n) is 10.4. The summed E-state index contributed by atoms with van der Waals surface area (Å²) in [5, 5.41) is 7.71. The molecule has 1 aliphatic heterocycles. The van der Waals surface area contributed by atoms with Crippen LogP contribution in [0.2, 0.25) is 0 Å². The molecule has 1 unspecified atom stereocenters. The second-order valence-corrected chi connectivity index (χ2v) is 4.28. The lowest BCUT2D eigenvalue weighted by Gasteiger charge is -2.23. The van der Waals surface area contributed by atoms with Gasteiger partial charge in [-0.05, 0) is 13.3 Å². The molecule has 0 aromatic carbocycles. The standard InChI is InChI=1S/C12H19N3O2/c1-3-5-10-6-11-13-7-9(8-15(11)14-10)12(16)17-4-2/h6,9,13H,3-5,7-8H2,1-2H3. The number of rotatable bonds is 4. The summed E-state index contributed by atoms with van der Waals surface area (Å²) in [5.74, 6) is 0.740. The molecule has 0 amide bonds. The quantitative estimate of drug-likeness (QED) is 0.805. The van der Waals surface area contributed by atoms with Crippen LogP contribution in [0.25, 0.3) is 0 Å². The van der Waals surface area contributed by atoms with Crippen molar-refractivity contribution in [2.24, 2.45) is 5.92 Å². The fourth-order valence-electron chi connectivity index (χ4n) is 2.05. The maximum absolute atomic E-state index is 11.6. The number of nitrogens with one attached hydrogen (secondary N) is 1. The molecule has 1 aliphatic rings. The topological polar surface area (TPSA) is 56.2 Å². The van der Waals surface area contributed by atoms with Gasteiger partial charge >= 0.3 is 5.97 Å². The Bertz CT molecular complexity index is 400. The van der Waals surface area contributed by atoms with E-state index in [1.165, 1.54) is 0 Å². The average Bonchev–Trinajstić information content (AvgIpc) is 2.71. The first-order valence-electron chi connectivity index (χ1n) is 6.21. The van der Waals surface area contributed by atoms with E-state index in [-0.39, 0.29) is 11.9 Å². The number of hydrogen-bond donors (Lipinski definition) is 1. The number of aromatic nitrogens is 2. The monoisotopic (exact) mass is 237 g/mol. The second kappa shape index (κ2) is 5.21. The van der Waals surface area contributed by atoms with Crippen LogP contribution in [0.3, 0.4) is 0 Å². The van der Waals surface area contributed by atoms with Gasteiger partial charge in [0.05, 0.1) is 24.8 Å². The number of fused-ring (bicyclic) bond motifs is 1. The highest BCUT2D eigenvalue weighted by atomic mass is 16.5. The predicted octanol–water partition coefficient (Wildman–Crippen LogP) is 1.44. The molecule has 5 nitrogen and oxygen atoms in total. The van der Waals surface area contributed by atoms with E-state index in [9.17, 15) is 4.79 Å². The highest BCUT2D eigenvalue weighted by molar-refractivity contribution is 5.73. The maximum atomic E-state index is 11.6. The minimum absolute atomic E-state index is 0.128. The molecule has 0 saturated carbocycles. The molecule has 0 saturated heterocycles. The molecule has 94 valence electrons. The normalized spacial score (nSPS) is 18.4. The number of carbonyl (C=O) groups is 1. The van der Waals surface area contributed by atoms with Crippen LogP contribution < -0.4 is 5.32 Å². The Hall–Kier alpha value is -1.52. The van der Waals surface area contributed by atoms with Crippen LogP contribution in [0.15, 0.2) is 6.07 Å². The maximum Gasteiger partial charge on any atom is 0.312 e. The third-order valence-corrected chi connectivity index (χ3v) is 2.88. The predicted molar refractivity (Wildman–Crippen MR) is 64.8 cm³/mol. The van der Waals surface area contributed by atoms with Gasteiger partial charge in [0.2, 0.25) is 0 Å². The molecule has 0 radical (unpaired) electrons. The van der Waals surface area contributed by atoms with Crippen LogP contribution in [-0.4, -0.2) is 28.9 Å². The van der Waals surface area contributed by atoms with E-state index in [1.54, 1.807) is 0 Å². The number of anilines is 1. The third kappa shape index (κ3) is 2.60. The van der Waals surface area contributed by atoms with Gasteiger partial charge < -0.3 is 10.1 Å². The minimum Gasteiger partial charge on any atom is -0.466 e. The lowest BCUT2D eigenvalue weighted by Crippen LogP contribution is -2.34. The molecule has 1 aromatic rings. The zero-order valence-corrected chi connectivity index (χ0v) is 10.4. The molecule has 17 heavy (non-hydrogen) atoms. The largest absolute Gasteiger partial charge is 0.466 e. The number of aryl methyl sites for hydroxylation is 1. The first-order chi connectivity index (χ1) is 8.24. The summed E-state index contributed by atoms with van der Waals surface area (Å²) in [6.07, 6.45) is 2.06. The molecule has 2 heterocycles. The molecule has 2 rings (SSSR count). The van der Waals surface area contributed by atoms with E-state index in [1.807, 2.05) is 11.6 Å². The van der Waals surface area contributed by atoms with Crippen molar-refractivity contribution in [3.8, 4) is 0 Å². The Morgan fingerprint density at radius 3 is 3.18 bits per heavy atom. The highest BCUT2D eigenvalue weighted by Crippen LogP contribution is 2.20. The van der Waals surface area contributed by atoms with Crippen molar-refractivity contribution >= 4 is 11.8 Å². The molecular formula is C12H19N3O2. The van der Waals surface area contributed by atoms with Crippen LogP contribution >= 0.6 is 0 Å². The molecule has 1 N–H and O–H groups in total. The SMILES string of the molecule is CCCc1cc2n(n1)CC(C(=O)OCC)CN2. The zero-order chi connectivity index (χ0) is 12.3. The molecule has 0 bridgehead atoms. The van der Waals surface area contributed by atoms with Gasteiger partial charge in [-0.15, -0.1) is 0 Å². The fourth-order valence-corrected chi connectivity index (χ4v) is 2.05. The van der Waals surface area contributed by atoms with Crippen molar-refractivity contribution in [2.45, 2.75) is 33.2 Å². The van der Waals surface area contributed by atoms with Gasteiger partial charge in [-0.1, -0.05) is 13.3 Å². The number of hydrogen-bond acceptors (Lipinski definition) is 4. The van der Waals surface area contributed by atoms with Crippen molar-refractivity contribution in [3.63, 3.8) is 0 Å². The summed E-state index contributed by atoms with van der Waals surface area (Å²) < 4.78 is 6.90.